The molecule has 18 heavy (non-hydrogen) atoms. The summed E-state index contributed by atoms with van der Waals surface area (Å²) in [6.45, 7) is 6.91. The second-order valence-electron chi connectivity index (χ2n) is 5.10. The molecule has 0 saturated carbocycles. The Morgan fingerprint density at radius 1 is 1.28 bits per heavy atom. The zero-order valence-corrected chi connectivity index (χ0v) is 14.0. The standard InChI is InChI=1S/C13H18Br2N2O/c1-13(2,3)16-7-6-12(18)17-11-5-4-9(14)8-10(11)15/h4-5,8,16H,6-7H2,1-3H3,(H,17,18). The Balaban J connectivity index is 2.45. The highest BCUT2D eigenvalue weighted by Gasteiger charge is 2.10. The molecule has 0 aliphatic heterocycles. The van der Waals surface area contributed by atoms with Crippen molar-refractivity contribution >= 4 is 43.5 Å². The summed E-state index contributed by atoms with van der Waals surface area (Å²) in [5, 5.41) is 6.16. The number of nitrogens with one attached hydrogen (secondary N) is 2. The molecule has 0 radical (unpaired) electrons. The summed E-state index contributed by atoms with van der Waals surface area (Å²) in [5.41, 5.74) is 0.831. The highest BCUT2D eigenvalue weighted by atomic mass is 79.9. The van der Waals surface area contributed by atoms with E-state index in [0.717, 1.165) is 14.6 Å². The molecular formula is C13H18Br2N2O. The number of hydrogen-bond donors (Lipinski definition) is 2. The van der Waals surface area contributed by atoms with Crippen LogP contribution in [0.4, 0.5) is 5.69 Å². The first-order valence-corrected chi connectivity index (χ1v) is 7.36. The van der Waals surface area contributed by atoms with Gasteiger partial charge in [0.25, 0.3) is 0 Å². The van der Waals surface area contributed by atoms with Crippen LogP contribution in [0.2, 0.25) is 0 Å². The first-order valence-electron chi connectivity index (χ1n) is 5.78. The van der Waals surface area contributed by atoms with E-state index in [4.69, 9.17) is 0 Å². The molecule has 1 amide bonds. The van der Waals surface area contributed by atoms with Crippen LogP contribution in [-0.4, -0.2) is 18.0 Å². The van der Waals surface area contributed by atoms with Crippen molar-refractivity contribution in [1.29, 1.82) is 0 Å². The summed E-state index contributed by atoms with van der Waals surface area (Å²) in [5.74, 6) is 0.00905. The summed E-state index contributed by atoms with van der Waals surface area (Å²) in [6, 6.07) is 5.67. The van der Waals surface area contributed by atoms with E-state index in [0.29, 0.717) is 13.0 Å². The third-order valence-electron chi connectivity index (χ3n) is 2.21. The largest absolute Gasteiger partial charge is 0.325 e. The minimum absolute atomic E-state index is 0.00905. The van der Waals surface area contributed by atoms with E-state index in [2.05, 4.69) is 63.3 Å². The number of halogens is 2. The van der Waals surface area contributed by atoms with Crippen molar-refractivity contribution in [3.63, 3.8) is 0 Å². The van der Waals surface area contributed by atoms with Gasteiger partial charge in [0.05, 0.1) is 5.69 Å². The fourth-order valence-electron chi connectivity index (χ4n) is 1.35. The molecule has 0 aliphatic carbocycles. The lowest BCUT2D eigenvalue weighted by molar-refractivity contribution is -0.116. The van der Waals surface area contributed by atoms with Gasteiger partial charge in [-0.3, -0.25) is 4.79 Å². The number of benzene rings is 1. The number of anilines is 1. The molecule has 0 aromatic heterocycles. The maximum Gasteiger partial charge on any atom is 0.225 e. The molecule has 3 nitrogen and oxygen atoms in total. The van der Waals surface area contributed by atoms with Gasteiger partial charge in [0.1, 0.15) is 0 Å². The molecule has 5 heteroatoms. The minimum atomic E-state index is 0.00905. The third-order valence-corrected chi connectivity index (χ3v) is 3.36. The monoisotopic (exact) mass is 376 g/mol. The second-order valence-corrected chi connectivity index (χ2v) is 6.87. The van der Waals surface area contributed by atoms with Crippen LogP contribution in [0.25, 0.3) is 0 Å². The zero-order chi connectivity index (χ0) is 13.8. The van der Waals surface area contributed by atoms with Gasteiger partial charge in [0, 0.05) is 27.4 Å². The molecule has 0 heterocycles. The summed E-state index contributed by atoms with van der Waals surface area (Å²) >= 11 is 6.79. The zero-order valence-electron chi connectivity index (χ0n) is 10.8. The van der Waals surface area contributed by atoms with Gasteiger partial charge in [-0.2, -0.15) is 0 Å². The van der Waals surface area contributed by atoms with E-state index in [-0.39, 0.29) is 11.4 Å². The molecule has 0 spiro atoms. The van der Waals surface area contributed by atoms with Crippen LogP contribution in [0.1, 0.15) is 27.2 Å². The average Bonchev–Trinajstić information content (AvgIpc) is 2.20. The van der Waals surface area contributed by atoms with Crippen LogP contribution < -0.4 is 10.6 Å². The molecule has 0 saturated heterocycles. The van der Waals surface area contributed by atoms with Gasteiger partial charge >= 0.3 is 0 Å². The highest BCUT2D eigenvalue weighted by Crippen LogP contribution is 2.26. The van der Waals surface area contributed by atoms with E-state index in [9.17, 15) is 4.79 Å². The van der Waals surface area contributed by atoms with Crippen molar-refractivity contribution in [3.05, 3.63) is 27.1 Å². The van der Waals surface area contributed by atoms with E-state index in [1.54, 1.807) is 0 Å². The number of hydrogen-bond acceptors (Lipinski definition) is 2. The van der Waals surface area contributed by atoms with Gasteiger partial charge < -0.3 is 10.6 Å². The maximum atomic E-state index is 11.8. The van der Waals surface area contributed by atoms with Gasteiger partial charge in [-0.15, -0.1) is 0 Å². The topological polar surface area (TPSA) is 41.1 Å². The summed E-state index contributed by atoms with van der Waals surface area (Å²) in [4.78, 5) is 11.8. The molecule has 0 bridgehead atoms. The van der Waals surface area contributed by atoms with Crippen molar-refractivity contribution in [1.82, 2.24) is 5.32 Å². The van der Waals surface area contributed by atoms with Crippen molar-refractivity contribution in [2.75, 3.05) is 11.9 Å². The molecular weight excluding hydrogens is 360 g/mol. The van der Waals surface area contributed by atoms with Gasteiger partial charge in [-0.05, 0) is 54.9 Å². The van der Waals surface area contributed by atoms with Crippen molar-refractivity contribution in [2.24, 2.45) is 0 Å². The second kappa shape index (κ2) is 6.68. The van der Waals surface area contributed by atoms with Crippen molar-refractivity contribution in [2.45, 2.75) is 32.7 Å². The van der Waals surface area contributed by atoms with Crippen LogP contribution in [0.3, 0.4) is 0 Å². The molecule has 1 rings (SSSR count). The van der Waals surface area contributed by atoms with Crippen LogP contribution in [0.5, 0.6) is 0 Å². The smallest absolute Gasteiger partial charge is 0.225 e. The van der Waals surface area contributed by atoms with Crippen LogP contribution in [-0.2, 0) is 4.79 Å². The molecule has 1 aromatic rings. The molecule has 0 aliphatic rings. The van der Waals surface area contributed by atoms with Crippen LogP contribution in [0.15, 0.2) is 27.1 Å². The fourth-order valence-corrected chi connectivity index (χ4v) is 2.50. The molecule has 1 aromatic carbocycles. The lowest BCUT2D eigenvalue weighted by Crippen LogP contribution is -2.37. The van der Waals surface area contributed by atoms with E-state index >= 15 is 0 Å². The third kappa shape index (κ3) is 5.98. The normalized spacial score (nSPS) is 11.4. The van der Waals surface area contributed by atoms with Crippen molar-refractivity contribution in [3.8, 4) is 0 Å². The van der Waals surface area contributed by atoms with E-state index in [1.165, 1.54) is 0 Å². The van der Waals surface area contributed by atoms with Crippen molar-refractivity contribution < 1.29 is 4.79 Å². The Morgan fingerprint density at radius 2 is 1.94 bits per heavy atom. The molecule has 0 atom stereocenters. The lowest BCUT2D eigenvalue weighted by atomic mass is 10.1. The predicted molar refractivity (Wildman–Crippen MR) is 82.8 cm³/mol. The van der Waals surface area contributed by atoms with Crippen LogP contribution in [0, 0.1) is 0 Å². The van der Waals surface area contributed by atoms with Gasteiger partial charge in [-0.25, -0.2) is 0 Å². The fraction of sp³-hybridized carbons (Fsp3) is 0.462. The Labute approximate surface area is 125 Å². The number of rotatable bonds is 4. The SMILES string of the molecule is CC(C)(C)NCCC(=O)Nc1ccc(Br)cc1Br. The summed E-state index contributed by atoms with van der Waals surface area (Å²) in [6.07, 6.45) is 0.458. The Hall–Kier alpha value is -0.390. The van der Waals surface area contributed by atoms with Gasteiger partial charge in [-0.1, -0.05) is 15.9 Å². The van der Waals surface area contributed by atoms with Crippen LogP contribution >= 0.6 is 31.9 Å². The Bertz CT molecular complexity index is 427. The van der Waals surface area contributed by atoms with E-state index < -0.39 is 0 Å². The van der Waals surface area contributed by atoms with Gasteiger partial charge in [0.2, 0.25) is 5.91 Å². The Morgan fingerprint density at radius 3 is 2.50 bits per heavy atom. The average molecular weight is 378 g/mol. The lowest BCUT2D eigenvalue weighted by Gasteiger charge is -2.20. The summed E-state index contributed by atoms with van der Waals surface area (Å²) < 4.78 is 1.84. The molecule has 0 unspecified atom stereocenters. The minimum Gasteiger partial charge on any atom is -0.325 e. The highest BCUT2D eigenvalue weighted by molar-refractivity contribution is 9.11. The number of amides is 1. The van der Waals surface area contributed by atoms with E-state index in [1.807, 2.05) is 18.2 Å². The molecule has 0 fully saturated rings. The first kappa shape index (κ1) is 15.7. The number of carbonyl (C=O) groups excluding carboxylic acids is 1. The van der Waals surface area contributed by atoms with Gasteiger partial charge in [0.15, 0.2) is 0 Å². The summed E-state index contributed by atoms with van der Waals surface area (Å²) in [7, 11) is 0. The molecule has 2 N–H and O–H groups in total. The quantitative estimate of drug-likeness (QED) is 0.834. The maximum absolute atomic E-state index is 11.8. The Kier molecular flexibility index (Phi) is 5.82. The molecule has 100 valence electrons. The number of carbonyl (C=O) groups is 1. The first-order chi connectivity index (χ1) is 8.28. The predicted octanol–water partition coefficient (Wildman–Crippen LogP) is 3.93.